The van der Waals surface area contributed by atoms with Crippen LogP contribution in [0.15, 0.2) is 65.7 Å². The van der Waals surface area contributed by atoms with Gasteiger partial charge in [0.2, 0.25) is 5.36 Å². The van der Waals surface area contributed by atoms with Crippen LogP contribution in [0.25, 0.3) is 33.3 Å². The topological polar surface area (TPSA) is 29.0 Å². The normalized spacial score (nSPS) is 12.8. The summed E-state index contributed by atoms with van der Waals surface area (Å²) in [7, 11) is 0. The maximum absolute atomic E-state index is 6.19. The zero-order valence-corrected chi connectivity index (χ0v) is 13.9. The fourth-order valence-electron chi connectivity index (χ4n) is 3.21. The van der Waals surface area contributed by atoms with Gasteiger partial charge in [0, 0.05) is 11.5 Å². The molecule has 0 N–H and O–H groups in total. The lowest BCUT2D eigenvalue weighted by Crippen LogP contribution is -2.24. The van der Waals surface area contributed by atoms with Gasteiger partial charge in [0.15, 0.2) is 17.5 Å². The van der Waals surface area contributed by atoms with Gasteiger partial charge in [-0.1, -0.05) is 24.3 Å². The second-order valence-electron chi connectivity index (χ2n) is 5.92. The molecule has 3 heteroatoms. The molecule has 118 valence electrons. The number of fused-ring (bicyclic) bond motifs is 4. The Hall–Kier alpha value is -2.94. The van der Waals surface area contributed by atoms with Gasteiger partial charge in [0.05, 0.1) is 6.07 Å². The van der Waals surface area contributed by atoms with Crippen LogP contribution in [-0.2, 0) is 0 Å². The minimum absolute atomic E-state index is 0.787. The van der Waals surface area contributed by atoms with Crippen LogP contribution in [0.1, 0.15) is 12.5 Å². The zero-order valence-electron chi connectivity index (χ0n) is 13.9. The molecule has 0 saturated carbocycles. The molecule has 3 nitrogen and oxygen atoms in total. The summed E-state index contributed by atoms with van der Waals surface area (Å²) >= 11 is 0. The SMILES string of the molecule is C=C[N+](CC)=c1ccc2nc3c(cc(C)c4ccccc43)oc-2c1. The first-order valence-electron chi connectivity index (χ1n) is 8.16. The molecule has 2 aliphatic rings. The van der Waals surface area contributed by atoms with E-state index in [2.05, 4.69) is 55.3 Å². The lowest BCUT2D eigenvalue weighted by Gasteiger charge is -2.10. The van der Waals surface area contributed by atoms with E-state index < -0.39 is 0 Å². The lowest BCUT2D eigenvalue weighted by atomic mass is 10.0. The molecular formula is C21H19N2O+. The molecule has 4 rings (SSSR count). The lowest BCUT2D eigenvalue weighted by molar-refractivity contribution is 0.610. The molecule has 0 spiro atoms. The average molecular weight is 315 g/mol. The Labute approximate surface area is 140 Å². The van der Waals surface area contributed by atoms with E-state index in [0.717, 1.165) is 39.8 Å². The second-order valence-corrected chi connectivity index (χ2v) is 5.92. The fourth-order valence-corrected chi connectivity index (χ4v) is 3.21. The molecule has 0 unspecified atom stereocenters. The highest BCUT2D eigenvalue weighted by molar-refractivity contribution is 6.05. The highest BCUT2D eigenvalue weighted by atomic mass is 16.3. The third-order valence-corrected chi connectivity index (χ3v) is 4.48. The second kappa shape index (κ2) is 5.60. The van der Waals surface area contributed by atoms with Gasteiger partial charge in [0.1, 0.15) is 17.8 Å². The summed E-state index contributed by atoms with van der Waals surface area (Å²) in [6, 6.07) is 16.5. The van der Waals surface area contributed by atoms with Crippen LogP contribution in [-0.4, -0.2) is 11.5 Å². The molecule has 1 aliphatic heterocycles. The molecule has 24 heavy (non-hydrogen) atoms. The van der Waals surface area contributed by atoms with Crippen LogP contribution in [0.4, 0.5) is 0 Å². The van der Waals surface area contributed by atoms with E-state index >= 15 is 0 Å². The van der Waals surface area contributed by atoms with Gasteiger partial charge >= 0.3 is 0 Å². The number of hydrogen-bond donors (Lipinski definition) is 0. The van der Waals surface area contributed by atoms with Gasteiger partial charge in [-0.2, -0.15) is 4.58 Å². The molecular weight excluding hydrogens is 296 g/mol. The predicted molar refractivity (Wildman–Crippen MR) is 98.9 cm³/mol. The number of aryl methyl sites for hydroxylation is 1. The summed E-state index contributed by atoms with van der Waals surface area (Å²) < 4.78 is 8.27. The van der Waals surface area contributed by atoms with Crippen molar-refractivity contribution in [2.45, 2.75) is 13.8 Å². The summed E-state index contributed by atoms with van der Waals surface area (Å²) in [6.45, 7) is 8.92. The number of benzene rings is 3. The molecule has 2 aromatic carbocycles. The summed E-state index contributed by atoms with van der Waals surface area (Å²) in [5.74, 6) is 0.787. The molecule has 1 aliphatic carbocycles. The molecule has 0 amide bonds. The third kappa shape index (κ3) is 2.21. The average Bonchev–Trinajstić information content (AvgIpc) is 2.62. The van der Waals surface area contributed by atoms with Crippen LogP contribution in [0.3, 0.4) is 0 Å². The first-order valence-corrected chi connectivity index (χ1v) is 8.16. The quantitative estimate of drug-likeness (QED) is 0.313. The Morgan fingerprint density at radius 1 is 1.12 bits per heavy atom. The Balaban J connectivity index is 2.12. The molecule has 0 fully saturated rings. The highest BCUT2D eigenvalue weighted by Crippen LogP contribution is 2.31. The van der Waals surface area contributed by atoms with Crippen molar-refractivity contribution in [3.63, 3.8) is 0 Å². The maximum atomic E-state index is 6.19. The van der Waals surface area contributed by atoms with Crippen LogP contribution in [0, 0.1) is 6.92 Å². The van der Waals surface area contributed by atoms with Crippen molar-refractivity contribution in [2.24, 2.45) is 0 Å². The van der Waals surface area contributed by atoms with Crippen molar-refractivity contribution in [1.29, 1.82) is 0 Å². The molecule has 0 bridgehead atoms. The monoisotopic (exact) mass is 315 g/mol. The Bertz CT molecular complexity index is 1120. The van der Waals surface area contributed by atoms with Crippen LogP contribution in [0.5, 0.6) is 0 Å². The molecule has 0 radical (unpaired) electrons. The van der Waals surface area contributed by atoms with Crippen molar-refractivity contribution in [3.05, 3.63) is 72.2 Å². The Morgan fingerprint density at radius 2 is 1.92 bits per heavy atom. The van der Waals surface area contributed by atoms with E-state index in [9.17, 15) is 0 Å². The van der Waals surface area contributed by atoms with Gasteiger partial charge in [-0.15, -0.1) is 0 Å². The summed E-state index contributed by atoms with van der Waals surface area (Å²) in [4.78, 5) is 4.86. The minimum Gasteiger partial charge on any atom is -0.453 e. The smallest absolute Gasteiger partial charge is 0.209 e. The molecule has 0 saturated heterocycles. The predicted octanol–water partition coefficient (Wildman–Crippen LogP) is 4.33. The van der Waals surface area contributed by atoms with Crippen LogP contribution < -0.4 is 9.93 Å². The van der Waals surface area contributed by atoms with E-state index in [4.69, 9.17) is 9.40 Å². The first kappa shape index (κ1) is 14.6. The summed E-state index contributed by atoms with van der Waals surface area (Å²) in [6.07, 6.45) is 1.83. The molecule has 0 aromatic heterocycles. The van der Waals surface area contributed by atoms with Crippen LogP contribution >= 0.6 is 0 Å². The summed E-state index contributed by atoms with van der Waals surface area (Å²) in [5, 5.41) is 3.40. The van der Waals surface area contributed by atoms with Crippen LogP contribution in [0.2, 0.25) is 0 Å². The number of rotatable bonds is 2. The largest absolute Gasteiger partial charge is 0.453 e. The first-order chi connectivity index (χ1) is 11.7. The maximum Gasteiger partial charge on any atom is 0.209 e. The number of nitrogens with zero attached hydrogens (tertiary/aromatic N) is 2. The van der Waals surface area contributed by atoms with E-state index in [1.165, 1.54) is 10.9 Å². The zero-order chi connectivity index (χ0) is 16.7. The van der Waals surface area contributed by atoms with E-state index in [-0.39, 0.29) is 0 Å². The van der Waals surface area contributed by atoms with E-state index in [1.54, 1.807) is 0 Å². The van der Waals surface area contributed by atoms with Crippen molar-refractivity contribution in [3.8, 4) is 11.5 Å². The van der Waals surface area contributed by atoms with E-state index in [0.29, 0.717) is 0 Å². The highest BCUT2D eigenvalue weighted by Gasteiger charge is 2.14. The third-order valence-electron chi connectivity index (χ3n) is 4.48. The number of aromatic nitrogens is 1. The standard InChI is InChI=1S/C21H19N2O/c1-4-23(5-2)15-10-11-18-19(13-15)24-20-12-14(3)16-8-6-7-9-17(16)21(20)22-18/h4,6-13H,1,5H2,2-3H3/q+1. The van der Waals surface area contributed by atoms with Gasteiger partial charge < -0.3 is 4.42 Å². The Morgan fingerprint density at radius 3 is 2.67 bits per heavy atom. The van der Waals surface area contributed by atoms with Gasteiger partial charge in [-0.3, -0.25) is 0 Å². The molecule has 2 aromatic rings. The van der Waals surface area contributed by atoms with Gasteiger partial charge in [0.25, 0.3) is 0 Å². The number of hydrogen-bond acceptors (Lipinski definition) is 2. The van der Waals surface area contributed by atoms with E-state index in [1.807, 2.05) is 24.4 Å². The van der Waals surface area contributed by atoms with Crippen molar-refractivity contribution >= 4 is 21.9 Å². The molecule has 0 atom stereocenters. The fraction of sp³-hybridized carbons (Fsp3) is 0.143. The van der Waals surface area contributed by atoms with Gasteiger partial charge in [-0.05, 0) is 43.5 Å². The summed E-state index contributed by atoms with van der Waals surface area (Å²) in [5.41, 5.74) is 3.78. The van der Waals surface area contributed by atoms with Crippen molar-refractivity contribution in [2.75, 3.05) is 6.54 Å². The molecule has 1 heterocycles. The van der Waals surface area contributed by atoms with Gasteiger partial charge in [-0.25, -0.2) is 4.98 Å². The van der Waals surface area contributed by atoms with Crippen molar-refractivity contribution in [1.82, 2.24) is 9.56 Å². The minimum atomic E-state index is 0.787. The Kier molecular flexibility index (Phi) is 3.42. The van der Waals surface area contributed by atoms with Crippen molar-refractivity contribution < 1.29 is 4.42 Å².